The first-order valence-electron chi connectivity index (χ1n) is 8.27. The lowest BCUT2D eigenvalue weighted by Crippen LogP contribution is -2.27. The van der Waals surface area contributed by atoms with Crippen LogP contribution in [0.5, 0.6) is 0 Å². The van der Waals surface area contributed by atoms with E-state index < -0.39 is 0 Å². The first kappa shape index (κ1) is 16.6. The molecular formula is C19H26O3. The van der Waals surface area contributed by atoms with Gasteiger partial charge >= 0.3 is 5.97 Å². The minimum Gasteiger partial charge on any atom is -0.511 e. The fourth-order valence-corrected chi connectivity index (χ4v) is 3.24. The summed E-state index contributed by atoms with van der Waals surface area (Å²) in [5.74, 6) is -0.196. The summed E-state index contributed by atoms with van der Waals surface area (Å²) in [4.78, 5) is 12.5. The number of benzene rings is 1. The number of esters is 1. The number of hydrogen-bond acceptors (Lipinski definition) is 3. The molecule has 0 radical (unpaired) electrons. The van der Waals surface area contributed by atoms with Gasteiger partial charge in [-0.3, -0.25) is 0 Å². The van der Waals surface area contributed by atoms with Gasteiger partial charge in [-0.1, -0.05) is 44.9 Å². The highest BCUT2D eigenvalue weighted by Gasteiger charge is 2.31. The molecule has 0 saturated carbocycles. The molecule has 120 valence electrons. The monoisotopic (exact) mass is 302 g/mol. The molecule has 1 aromatic rings. The van der Waals surface area contributed by atoms with E-state index in [1.54, 1.807) is 0 Å². The molecule has 1 aliphatic heterocycles. The van der Waals surface area contributed by atoms with Crippen molar-refractivity contribution < 1.29 is 14.6 Å². The maximum absolute atomic E-state index is 12.5. The molecule has 22 heavy (non-hydrogen) atoms. The minimum atomic E-state index is -0.379. The Bertz CT molecular complexity index is 574. The van der Waals surface area contributed by atoms with E-state index >= 15 is 0 Å². The van der Waals surface area contributed by atoms with E-state index in [2.05, 4.69) is 39.8 Å². The van der Waals surface area contributed by atoms with E-state index in [1.165, 1.54) is 5.56 Å². The van der Waals surface area contributed by atoms with Crippen molar-refractivity contribution in [1.29, 1.82) is 0 Å². The number of rotatable bonds is 5. The van der Waals surface area contributed by atoms with E-state index in [-0.39, 0.29) is 17.8 Å². The Balaban J connectivity index is 2.55. The number of carbonyl (C=O) groups is 1. The Labute approximate surface area is 133 Å². The first-order chi connectivity index (χ1) is 10.5. The quantitative estimate of drug-likeness (QED) is 0.814. The molecule has 3 heteroatoms. The second kappa shape index (κ2) is 6.99. The summed E-state index contributed by atoms with van der Waals surface area (Å²) in [5.41, 5.74) is 4.65. The lowest BCUT2D eigenvalue weighted by molar-refractivity contribution is -0.143. The van der Waals surface area contributed by atoms with Crippen LogP contribution in [0.25, 0.3) is 5.57 Å². The highest BCUT2D eigenvalue weighted by molar-refractivity contribution is 6.18. The van der Waals surface area contributed by atoms with Crippen molar-refractivity contribution in [3.8, 4) is 0 Å². The Morgan fingerprint density at radius 3 is 2.23 bits per heavy atom. The fraction of sp³-hybridized carbons (Fsp3) is 0.526. The van der Waals surface area contributed by atoms with Gasteiger partial charge in [0.05, 0.1) is 0 Å². The van der Waals surface area contributed by atoms with E-state index in [0.29, 0.717) is 12.0 Å². The largest absolute Gasteiger partial charge is 0.511 e. The summed E-state index contributed by atoms with van der Waals surface area (Å²) < 4.78 is 5.54. The average Bonchev–Trinajstić information content (AvgIpc) is 2.47. The molecule has 0 saturated heterocycles. The van der Waals surface area contributed by atoms with Crippen molar-refractivity contribution in [3.05, 3.63) is 40.1 Å². The van der Waals surface area contributed by atoms with Crippen molar-refractivity contribution in [3.63, 3.8) is 0 Å². The summed E-state index contributed by atoms with van der Waals surface area (Å²) in [6.07, 6.45) is 3.61. The van der Waals surface area contributed by atoms with Gasteiger partial charge < -0.3 is 9.84 Å². The Morgan fingerprint density at radius 2 is 1.77 bits per heavy atom. The van der Waals surface area contributed by atoms with Crippen LogP contribution < -0.4 is 0 Å². The molecule has 3 nitrogen and oxygen atoms in total. The summed E-state index contributed by atoms with van der Waals surface area (Å²) in [6.45, 7) is 8.26. The maximum atomic E-state index is 12.5. The van der Waals surface area contributed by atoms with Gasteiger partial charge in [0.2, 0.25) is 0 Å². The maximum Gasteiger partial charge on any atom is 0.342 e. The lowest BCUT2D eigenvalue weighted by Gasteiger charge is -2.26. The van der Waals surface area contributed by atoms with Crippen molar-refractivity contribution in [2.24, 2.45) is 0 Å². The first-order valence-corrected chi connectivity index (χ1v) is 8.27. The molecule has 1 unspecified atom stereocenters. The number of aliphatic hydroxyl groups excluding tert-OH is 1. The van der Waals surface area contributed by atoms with Crippen molar-refractivity contribution in [2.45, 2.75) is 65.9 Å². The molecule has 1 N–H and O–H groups in total. The predicted octanol–water partition coefficient (Wildman–Crippen LogP) is 4.50. The van der Waals surface area contributed by atoms with Crippen molar-refractivity contribution in [2.75, 3.05) is 0 Å². The van der Waals surface area contributed by atoms with Gasteiger partial charge in [-0.15, -0.1) is 0 Å². The lowest BCUT2D eigenvalue weighted by atomic mass is 9.87. The number of ether oxygens (including phenoxy) is 1. The van der Waals surface area contributed by atoms with Gasteiger partial charge in [0.1, 0.15) is 17.4 Å². The van der Waals surface area contributed by atoms with Crippen LogP contribution >= 0.6 is 0 Å². The molecule has 0 fully saturated rings. The summed E-state index contributed by atoms with van der Waals surface area (Å²) in [6, 6.07) is 4.19. The zero-order valence-electron chi connectivity index (χ0n) is 14.0. The van der Waals surface area contributed by atoms with Gasteiger partial charge in [-0.05, 0) is 42.9 Å². The van der Waals surface area contributed by atoms with Crippen molar-refractivity contribution >= 4 is 11.5 Å². The van der Waals surface area contributed by atoms with E-state index in [1.807, 2.05) is 0 Å². The average molecular weight is 302 g/mol. The number of hydrogen-bond donors (Lipinski definition) is 1. The zero-order valence-corrected chi connectivity index (χ0v) is 14.0. The molecule has 0 aromatic heterocycles. The van der Waals surface area contributed by atoms with Gasteiger partial charge in [-0.25, -0.2) is 4.79 Å². The molecule has 0 aliphatic carbocycles. The third-order valence-electron chi connectivity index (χ3n) is 4.26. The second-order valence-corrected chi connectivity index (χ2v) is 6.01. The third-order valence-corrected chi connectivity index (χ3v) is 4.26. The second-order valence-electron chi connectivity index (χ2n) is 6.01. The number of cyclic esters (lactones) is 1. The van der Waals surface area contributed by atoms with Crippen LogP contribution in [-0.4, -0.2) is 17.2 Å². The summed E-state index contributed by atoms with van der Waals surface area (Å²) >= 11 is 0. The van der Waals surface area contributed by atoms with Gasteiger partial charge in [0.25, 0.3) is 0 Å². The number of aryl methyl sites for hydroxylation is 3. The molecule has 1 aromatic carbocycles. The highest BCUT2D eigenvalue weighted by Crippen LogP contribution is 2.34. The van der Waals surface area contributed by atoms with Crippen LogP contribution in [0, 0.1) is 6.92 Å². The number of aliphatic hydroxyl groups is 1. The number of carbonyl (C=O) groups excluding carboxylic acids is 1. The van der Waals surface area contributed by atoms with Gasteiger partial charge in [0.15, 0.2) is 0 Å². The summed E-state index contributed by atoms with van der Waals surface area (Å²) in [5, 5.41) is 10.5. The Hall–Kier alpha value is -1.77. The Kier molecular flexibility index (Phi) is 5.28. The minimum absolute atomic E-state index is 0.183. The molecule has 1 aliphatic rings. The molecule has 0 bridgehead atoms. The topological polar surface area (TPSA) is 46.5 Å². The van der Waals surface area contributed by atoms with Crippen LogP contribution in [0.4, 0.5) is 0 Å². The van der Waals surface area contributed by atoms with E-state index in [4.69, 9.17) is 4.74 Å². The van der Waals surface area contributed by atoms with Gasteiger partial charge in [0, 0.05) is 6.42 Å². The van der Waals surface area contributed by atoms with Gasteiger partial charge in [-0.2, -0.15) is 0 Å². The Morgan fingerprint density at radius 1 is 1.18 bits per heavy atom. The molecular weight excluding hydrogens is 276 g/mol. The van der Waals surface area contributed by atoms with Crippen LogP contribution in [0.1, 0.15) is 62.3 Å². The van der Waals surface area contributed by atoms with Crippen molar-refractivity contribution in [1.82, 2.24) is 0 Å². The normalized spacial score (nSPS) is 18.5. The van der Waals surface area contributed by atoms with E-state index in [9.17, 15) is 9.90 Å². The molecule has 2 rings (SSSR count). The third kappa shape index (κ3) is 3.18. The van der Waals surface area contributed by atoms with Crippen LogP contribution in [0.15, 0.2) is 17.9 Å². The summed E-state index contributed by atoms with van der Waals surface area (Å²) in [7, 11) is 0. The fourth-order valence-electron chi connectivity index (χ4n) is 3.24. The standard InChI is InChI=1S/C19H26O3/c1-5-8-15-11-16(20)18(19(21)22-15)17-13(6-2)9-12(4)10-14(17)7-3/h9-10,15,20H,5-8,11H2,1-4H3. The van der Waals surface area contributed by atoms with Crippen LogP contribution in [0.2, 0.25) is 0 Å². The molecule has 0 spiro atoms. The predicted molar refractivity (Wildman–Crippen MR) is 88.9 cm³/mol. The smallest absolute Gasteiger partial charge is 0.342 e. The van der Waals surface area contributed by atoms with Crippen LogP contribution in [-0.2, 0) is 22.4 Å². The molecule has 1 heterocycles. The molecule has 1 atom stereocenters. The zero-order chi connectivity index (χ0) is 16.3. The SMILES string of the molecule is CCCC1CC(O)=C(c2c(CC)cc(C)cc2CC)C(=O)O1. The van der Waals surface area contributed by atoms with Crippen LogP contribution in [0.3, 0.4) is 0 Å². The highest BCUT2D eigenvalue weighted by atomic mass is 16.5. The molecule has 0 amide bonds. The van der Waals surface area contributed by atoms with E-state index in [0.717, 1.165) is 42.4 Å².